The molecule has 17 heavy (non-hydrogen) atoms. The standard InChI is InChI=1S/C12H17N5/c1-3-8-17-11(5-7-16-17)12(13-2)10-4-6-14-9-15-10/h4-7,9,12-13H,3,8H2,1-2H3. The Kier molecular flexibility index (Phi) is 3.82. The maximum absolute atomic E-state index is 4.33. The largest absolute Gasteiger partial charge is 0.307 e. The first kappa shape index (κ1) is 11.7. The molecule has 0 saturated heterocycles. The summed E-state index contributed by atoms with van der Waals surface area (Å²) in [5.74, 6) is 0. The first-order valence-electron chi connectivity index (χ1n) is 5.81. The van der Waals surface area contributed by atoms with E-state index in [0.29, 0.717) is 0 Å². The highest BCUT2D eigenvalue weighted by atomic mass is 15.3. The molecule has 0 aromatic carbocycles. The van der Waals surface area contributed by atoms with Crippen molar-refractivity contribution >= 4 is 0 Å². The van der Waals surface area contributed by atoms with Crippen molar-refractivity contribution in [1.82, 2.24) is 25.1 Å². The fourth-order valence-corrected chi connectivity index (χ4v) is 1.91. The molecule has 0 bridgehead atoms. The van der Waals surface area contributed by atoms with Gasteiger partial charge >= 0.3 is 0 Å². The Labute approximate surface area is 101 Å². The summed E-state index contributed by atoms with van der Waals surface area (Å²) in [6.45, 7) is 3.07. The van der Waals surface area contributed by atoms with Crippen LogP contribution in [0, 0.1) is 0 Å². The maximum Gasteiger partial charge on any atom is 0.115 e. The van der Waals surface area contributed by atoms with Crippen LogP contribution in [0.25, 0.3) is 0 Å². The summed E-state index contributed by atoms with van der Waals surface area (Å²) in [5, 5.41) is 7.60. The Morgan fingerprint density at radius 2 is 2.24 bits per heavy atom. The average molecular weight is 231 g/mol. The van der Waals surface area contributed by atoms with Crippen LogP contribution in [0.2, 0.25) is 0 Å². The number of nitrogens with one attached hydrogen (secondary N) is 1. The minimum Gasteiger partial charge on any atom is -0.307 e. The van der Waals surface area contributed by atoms with Crippen LogP contribution in [0.5, 0.6) is 0 Å². The van der Waals surface area contributed by atoms with E-state index in [1.807, 2.05) is 30.1 Å². The van der Waals surface area contributed by atoms with Gasteiger partial charge in [-0.1, -0.05) is 6.92 Å². The second-order valence-electron chi connectivity index (χ2n) is 3.84. The summed E-state index contributed by atoms with van der Waals surface area (Å²) in [6, 6.07) is 4.01. The normalized spacial score (nSPS) is 12.6. The minimum atomic E-state index is 0.0621. The van der Waals surface area contributed by atoms with E-state index < -0.39 is 0 Å². The predicted octanol–water partition coefficient (Wildman–Crippen LogP) is 1.39. The number of aryl methyl sites for hydroxylation is 1. The third-order valence-electron chi connectivity index (χ3n) is 2.67. The van der Waals surface area contributed by atoms with Crippen LogP contribution < -0.4 is 5.32 Å². The summed E-state index contributed by atoms with van der Waals surface area (Å²) in [6.07, 6.45) is 6.22. The quantitative estimate of drug-likeness (QED) is 0.845. The van der Waals surface area contributed by atoms with Gasteiger partial charge in [0.1, 0.15) is 6.33 Å². The van der Waals surface area contributed by atoms with E-state index in [-0.39, 0.29) is 6.04 Å². The maximum atomic E-state index is 4.33. The van der Waals surface area contributed by atoms with Gasteiger partial charge in [-0.05, 0) is 25.6 Å². The van der Waals surface area contributed by atoms with Crippen molar-refractivity contribution in [3.8, 4) is 0 Å². The highest BCUT2D eigenvalue weighted by Crippen LogP contribution is 2.19. The van der Waals surface area contributed by atoms with Gasteiger partial charge in [0.05, 0.1) is 17.4 Å². The van der Waals surface area contributed by atoms with Crippen molar-refractivity contribution in [2.45, 2.75) is 25.9 Å². The Balaban J connectivity index is 2.32. The van der Waals surface area contributed by atoms with Crippen molar-refractivity contribution in [2.75, 3.05) is 7.05 Å². The molecule has 2 rings (SSSR count). The molecule has 1 N–H and O–H groups in total. The predicted molar refractivity (Wildman–Crippen MR) is 65.5 cm³/mol. The van der Waals surface area contributed by atoms with Gasteiger partial charge in [-0.2, -0.15) is 5.10 Å². The summed E-state index contributed by atoms with van der Waals surface area (Å²) >= 11 is 0. The smallest absolute Gasteiger partial charge is 0.115 e. The third kappa shape index (κ3) is 2.50. The summed E-state index contributed by atoms with van der Waals surface area (Å²) < 4.78 is 2.02. The number of hydrogen-bond acceptors (Lipinski definition) is 4. The number of aromatic nitrogens is 4. The Morgan fingerprint density at radius 1 is 1.35 bits per heavy atom. The Morgan fingerprint density at radius 3 is 2.88 bits per heavy atom. The lowest BCUT2D eigenvalue weighted by Gasteiger charge is -2.17. The highest BCUT2D eigenvalue weighted by molar-refractivity contribution is 5.20. The molecule has 0 saturated carbocycles. The second-order valence-corrected chi connectivity index (χ2v) is 3.84. The summed E-state index contributed by atoms with van der Waals surface area (Å²) in [4.78, 5) is 8.23. The van der Waals surface area contributed by atoms with Crippen LogP contribution in [0.4, 0.5) is 0 Å². The SMILES string of the molecule is CCCn1nccc1C(NC)c1ccncn1. The molecule has 2 heterocycles. The Bertz CT molecular complexity index is 451. The average Bonchev–Trinajstić information content (AvgIpc) is 2.81. The molecule has 90 valence electrons. The molecule has 2 aromatic rings. The van der Waals surface area contributed by atoms with Gasteiger partial charge in [0, 0.05) is 18.9 Å². The highest BCUT2D eigenvalue weighted by Gasteiger charge is 2.17. The van der Waals surface area contributed by atoms with Gasteiger partial charge in [-0.25, -0.2) is 9.97 Å². The second kappa shape index (κ2) is 5.54. The van der Waals surface area contributed by atoms with Gasteiger partial charge in [-0.3, -0.25) is 4.68 Å². The van der Waals surface area contributed by atoms with E-state index in [1.165, 1.54) is 0 Å². The minimum absolute atomic E-state index is 0.0621. The van der Waals surface area contributed by atoms with Crippen molar-refractivity contribution < 1.29 is 0 Å². The van der Waals surface area contributed by atoms with Crippen LogP contribution in [-0.2, 0) is 6.54 Å². The fourth-order valence-electron chi connectivity index (χ4n) is 1.91. The van der Waals surface area contributed by atoms with Crippen molar-refractivity contribution in [1.29, 1.82) is 0 Å². The molecule has 0 aliphatic heterocycles. The van der Waals surface area contributed by atoms with Gasteiger partial charge in [0.15, 0.2) is 0 Å². The van der Waals surface area contributed by atoms with Crippen LogP contribution in [0.15, 0.2) is 30.9 Å². The van der Waals surface area contributed by atoms with Crippen LogP contribution >= 0.6 is 0 Å². The summed E-state index contributed by atoms with van der Waals surface area (Å²) in [5.41, 5.74) is 2.09. The van der Waals surface area contributed by atoms with Crippen molar-refractivity contribution in [3.05, 3.63) is 42.2 Å². The zero-order valence-electron chi connectivity index (χ0n) is 10.2. The first-order chi connectivity index (χ1) is 8.36. The topological polar surface area (TPSA) is 55.6 Å². The van der Waals surface area contributed by atoms with Gasteiger partial charge in [0.25, 0.3) is 0 Å². The van der Waals surface area contributed by atoms with Gasteiger partial charge in [-0.15, -0.1) is 0 Å². The lowest BCUT2D eigenvalue weighted by Crippen LogP contribution is -2.22. The molecule has 0 amide bonds. The fraction of sp³-hybridized carbons (Fsp3) is 0.417. The van der Waals surface area contributed by atoms with Crippen LogP contribution in [0.3, 0.4) is 0 Å². The molecule has 5 heteroatoms. The molecular weight excluding hydrogens is 214 g/mol. The molecule has 0 aliphatic carbocycles. The molecule has 1 atom stereocenters. The molecule has 0 aliphatic rings. The number of nitrogens with zero attached hydrogens (tertiary/aromatic N) is 4. The first-order valence-corrected chi connectivity index (χ1v) is 5.81. The monoisotopic (exact) mass is 231 g/mol. The molecule has 0 fully saturated rings. The van der Waals surface area contributed by atoms with Crippen molar-refractivity contribution in [3.63, 3.8) is 0 Å². The van der Waals surface area contributed by atoms with E-state index in [9.17, 15) is 0 Å². The zero-order chi connectivity index (χ0) is 12.1. The molecule has 5 nitrogen and oxygen atoms in total. The zero-order valence-corrected chi connectivity index (χ0v) is 10.2. The van der Waals surface area contributed by atoms with Gasteiger partial charge < -0.3 is 5.32 Å². The van der Waals surface area contributed by atoms with Crippen LogP contribution in [0.1, 0.15) is 30.8 Å². The summed E-state index contributed by atoms with van der Waals surface area (Å²) in [7, 11) is 1.93. The molecule has 0 spiro atoms. The number of hydrogen-bond donors (Lipinski definition) is 1. The molecule has 0 radical (unpaired) electrons. The van der Waals surface area contributed by atoms with Crippen molar-refractivity contribution in [2.24, 2.45) is 0 Å². The third-order valence-corrected chi connectivity index (χ3v) is 2.67. The van der Waals surface area contributed by atoms with Crippen LogP contribution in [-0.4, -0.2) is 26.8 Å². The van der Waals surface area contributed by atoms with E-state index in [2.05, 4.69) is 27.3 Å². The van der Waals surface area contributed by atoms with E-state index in [4.69, 9.17) is 0 Å². The van der Waals surface area contributed by atoms with E-state index in [0.717, 1.165) is 24.4 Å². The lowest BCUT2D eigenvalue weighted by molar-refractivity contribution is 0.529. The Hall–Kier alpha value is -1.75. The molecule has 1 unspecified atom stereocenters. The van der Waals surface area contributed by atoms with Gasteiger partial charge in [0.2, 0.25) is 0 Å². The lowest BCUT2D eigenvalue weighted by atomic mass is 10.1. The van der Waals surface area contributed by atoms with E-state index in [1.54, 1.807) is 12.5 Å². The molecular formula is C12H17N5. The number of rotatable bonds is 5. The molecule has 2 aromatic heterocycles. The van der Waals surface area contributed by atoms with E-state index >= 15 is 0 Å².